The molecule has 102 valence electrons. The summed E-state index contributed by atoms with van der Waals surface area (Å²) in [6, 6.07) is 0.590. The Bertz CT molecular complexity index is 314. The van der Waals surface area contributed by atoms with E-state index in [0.717, 1.165) is 44.8 Å². The predicted molar refractivity (Wildman–Crippen MR) is 72.3 cm³/mol. The molecular weight excluding hydrogens is 224 g/mol. The Morgan fingerprint density at radius 3 is 2.61 bits per heavy atom. The standard InChI is InChI=1S/C15H26N2O/c1-2-7-15(8-9-16-11-15)14(18)17(13-5-6-13)10-12-3-4-12/h12-13,16H,2-11H2,1H3. The molecule has 0 spiro atoms. The SMILES string of the molecule is CCCC1(C(=O)N(CC2CC2)C2CC2)CCNC1. The van der Waals surface area contributed by atoms with Crippen molar-refractivity contribution in [3.05, 3.63) is 0 Å². The summed E-state index contributed by atoms with van der Waals surface area (Å²) < 4.78 is 0. The highest BCUT2D eigenvalue weighted by Crippen LogP contribution is 2.40. The number of hydrogen-bond acceptors (Lipinski definition) is 2. The third-order valence-corrected chi connectivity index (χ3v) is 4.83. The minimum absolute atomic E-state index is 0.0633. The summed E-state index contributed by atoms with van der Waals surface area (Å²) in [5.74, 6) is 1.30. The summed E-state index contributed by atoms with van der Waals surface area (Å²) in [6.07, 6.45) is 8.41. The Labute approximate surface area is 110 Å². The predicted octanol–water partition coefficient (Wildman–Crippen LogP) is 2.17. The van der Waals surface area contributed by atoms with Crippen LogP contribution < -0.4 is 5.32 Å². The fourth-order valence-electron chi connectivity index (χ4n) is 3.39. The van der Waals surface area contributed by atoms with E-state index in [2.05, 4.69) is 17.1 Å². The van der Waals surface area contributed by atoms with Crippen LogP contribution in [0.3, 0.4) is 0 Å². The zero-order valence-electron chi connectivity index (χ0n) is 11.6. The van der Waals surface area contributed by atoms with Crippen molar-refractivity contribution < 1.29 is 4.79 Å². The molecule has 3 fully saturated rings. The maximum absolute atomic E-state index is 13.0. The monoisotopic (exact) mass is 250 g/mol. The molecule has 1 saturated heterocycles. The highest BCUT2D eigenvalue weighted by atomic mass is 16.2. The van der Waals surface area contributed by atoms with Gasteiger partial charge in [-0.25, -0.2) is 0 Å². The highest BCUT2D eigenvalue weighted by Gasteiger charge is 2.47. The molecule has 1 heterocycles. The van der Waals surface area contributed by atoms with Gasteiger partial charge in [-0.15, -0.1) is 0 Å². The summed E-state index contributed by atoms with van der Waals surface area (Å²) in [7, 11) is 0. The molecule has 3 aliphatic rings. The van der Waals surface area contributed by atoms with Crippen LogP contribution in [-0.2, 0) is 4.79 Å². The molecule has 3 heteroatoms. The smallest absolute Gasteiger partial charge is 0.230 e. The summed E-state index contributed by atoms with van der Waals surface area (Å²) in [5.41, 5.74) is -0.0633. The Morgan fingerprint density at radius 1 is 1.33 bits per heavy atom. The first-order valence-electron chi connectivity index (χ1n) is 7.77. The average molecular weight is 250 g/mol. The normalized spacial score (nSPS) is 31.6. The second kappa shape index (κ2) is 4.84. The van der Waals surface area contributed by atoms with Crippen molar-refractivity contribution in [3.63, 3.8) is 0 Å². The van der Waals surface area contributed by atoms with Crippen molar-refractivity contribution in [1.29, 1.82) is 0 Å². The molecule has 0 aromatic carbocycles. The molecule has 2 aliphatic carbocycles. The van der Waals surface area contributed by atoms with Crippen LogP contribution in [0.25, 0.3) is 0 Å². The van der Waals surface area contributed by atoms with Gasteiger partial charge < -0.3 is 10.2 Å². The maximum atomic E-state index is 13.0. The minimum Gasteiger partial charge on any atom is -0.339 e. The lowest BCUT2D eigenvalue weighted by molar-refractivity contribution is -0.142. The van der Waals surface area contributed by atoms with Crippen molar-refractivity contribution in [2.45, 2.75) is 57.9 Å². The van der Waals surface area contributed by atoms with E-state index in [0.29, 0.717) is 11.9 Å². The van der Waals surface area contributed by atoms with Gasteiger partial charge in [0.1, 0.15) is 0 Å². The zero-order valence-corrected chi connectivity index (χ0v) is 11.6. The van der Waals surface area contributed by atoms with Crippen LogP contribution in [0.1, 0.15) is 51.9 Å². The molecule has 2 saturated carbocycles. The van der Waals surface area contributed by atoms with Gasteiger partial charge in [-0.3, -0.25) is 4.79 Å². The van der Waals surface area contributed by atoms with E-state index >= 15 is 0 Å². The van der Waals surface area contributed by atoms with E-state index < -0.39 is 0 Å². The van der Waals surface area contributed by atoms with Crippen LogP contribution in [0.15, 0.2) is 0 Å². The quantitative estimate of drug-likeness (QED) is 0.783. The van der Waals surface area contributed by atoms with Crippen LogP contribution in [-0.4, -0.2) is 36.5 Å². The summed E-state index contributed by atoms with van der Waals surface area (Å²) in [5, 5.41) is 3.41. The molecule has 1 unspecified atom stereocenters. The first-order valence-corrected chi connectivity index (χ1v) is 7.77. The Balaban J connectivity index is 1.72. The molecule has 3 rings (SSSR count). The second-order valence-corrected chi connectivity index (χ2v) is 6.59. The van der Waals surface area contributed by atoms with Gasteiger partial charge in [-0.2, -0.15) is 0 Å². The second-order valence-electron chi connectivity index (χ2n) is 6.59. The van der Waals surface area contributed by atoms with Crippen LogP contribution in [0.5, 0.6) is 0 Å². The molecule has 0 aromatic rings. The molecule has 0 bridgehead atoms. The van der Waals surface area contributed by atoms with Gasteiger partial charge in [0.05, 0.1) is 5.41 Å². The fourth-order valence-corrected chi connectivity index (χ4v) is 3.39. The maximum Gasteiger partial charge on any atom is 0.230 e. The van der Waals surface area contributed by atoms with Gasteiger partial charge in [-0.05, 0) is 51.0 Å². The van der Waals surface area contributed by atoms with E-state index in [9.17, 15) is 4.79 Å². The van der Waals surface area contributed by atoms with Crippen molar-refractivity contribution in [2.24, 2.45) is 11.3 Å². The van der Waals surface area contributed by atoms with Gasteiger partial charge >= 0.3 is 0 Å². The summed E-state index contributed by atoms with van der Waals surface area (Å²) >= 11 is 0. The minimum atomic E-state index is -0.0633. The van der Waals surface area contributed by atoms with Crippen molar-refractivity contribution in [1.82, 2.24) is 10.2 Å². The summed E-state index contributed by atoms with van der Waals surface area (Å²) in [6.45, 7) is 5.19. The molecule has 0 aromatic heterocycles. The van der Waals surface area contributed by atoms with Gasteiger partial charge in [0.2, 0.25) is 5.91 Å². The number of amides is 1. The van der Waals surface area contributed by atoms with E-state index in [-0.39, 0.29) is 5.41 Å². The number of nitrogens with zero attached hydrogens (tertiary/aromatic N) is 1. The average Bonchev–Trinajstić information content (AvgIpc) is 3.27. The van der Waals surface area contributed by atoms with Crippen molar-refractivity contribution >= 4 is 5.91 Å². The van der Waals surface area contributed by atoms with Crippen molar-refractivity contribution in [3.8, 4) is 0 Å². The van der Waals surface area contributed by atoms with E-state index in [1.807, 2.05) is 0 Å². The molecule has 18 heavy (non-hydrogen) atoms. The molecule has 1 amide bonds. The van der Waals surface area contributed by atoms with Gasteiger partial charge in [0, 0.05) is 19.1 Å². The van der Waals surface area contributed by atoms with Crippen LogP contribution in [0, 0.1) is 11.3 Å². The topological polar surface area (TPSA) is 32.3 Å². The Morgan fingerprint density at radius 2 is 2.11 bits per heavy atom. The van der Waals surface area contributed by atoms with E-state index in [4.69, 9.17) is 0 Å². The first-order chi connectivity index (χ1) is 8.75. The molecule has 1 N–H and O–H groups in total. The van der Waals surface area contributed by atoms with Gasteiger partial charge in [-0.1, -0.05) is 13.3 Å². The van der Waals surface area contributed by atoms with Crippen LogP contribution >= 0.6 is 0 Å². The zero-order chi connectivity index (χ0) is 12.6. The number of rotatable bonds is 6. The largest absolute Gasteiger partial charge is 0.339 e. The van der Waals surface area contributed by atoms with E-state index in [1.165, 1.54) is 25.7 Å². The molecular formula is C15H26N2O. The molecule has 1 aliphatic heterocycles. The number of carbonyl (C=O) groups is 1. The lowest BCUT2D eigenvalue weighted by Gasteiger charge is -2.34. The third kappa shape index (κ3) is 2.42. The van der Waals surface area contributed by atoms with Crippen molar-refractivity contribution in [2.75, 3.05) is 19.6 Å². The third-order valence-electron chi connectivity index (χ3n) is 4.83. The van der Waals surface area contributed by atoms with Crippen LogP contribution in [0.2, 0.25) is 0 Å². The highest BCUT2D eigenvalue weighted by molar-refractivity contribution is 5.84. The van der Waals surface area contributed by atoms with Crippen LogP contribution in [0.4, 0.5) is 0 Å². The Hall–Kier alpha value is -0.570. The summed E-state index contributed by atoms with van der Waals surface area (Å²) in [4.78, 5) is 15.3. The first kappa shape index (κ1) is 12.5. The number of carbonyl (C=O) groups excluding carboxylic acids is 1. The molecule has 0 radical (unpaired) electrons. The lowest BCUT2D eigenvalue weighted by Crippen LogP contribution is -2.47. The Kier molecular flexibility index (Phi) is 3.35. The van der Waals surface area contributed by atoms with Gasteiger partial charge in [0.25, 0.3) is 0 Å². The van der Waals surface area contributed by atoms with E-state index in [1.54, 1.807) is 0 Å². The molecule has 3 nitrogen and oxygen atoms in total. The number of nitrogens with one attached hydrogen (secondary N) is 1. The lowest BCUT2D eigenvalue weighted by atomic mass is 9.81. The molecule has 1 atom stereocenters. The van der Waals surface area contributed by atoms with Gasteiger partial charge in [0.15, 0.2) is 0 Å². The number of hydrogen-bond donors (Lipinski definition) is 1. The fraction of sp³-hybridized carbons (Fsp3) is 0.933.